The summed E-state index contributed by atoms with van der Waals surface area (Å²) in [4.78, 5) is 30.1. The second-order valence-electron chi connectivity index (χ2n) is 8.04. The maximum atomic E-state index is 13.2. The van der Waals surface area contributed by atoms with Gasteiger partial charge in [0.2, 0.25) is 0 Å². The molecule has 8 nitrogen and oxygen atoms in total. The highest BCUT2D eigenvalue weighted by molar-refractivity contribution is 6.46. The van der Waals surface area contributed by atoms with Crippen molar-refractivity contribution >= 4 is 29.1 Å². The lowest BCUT2D eigenvalue weighted by molar-refractivity contribution is -0.140. The number of methoxy groups -OCH3 is 2. The Balaban J connectivity index is 1.81. The van der Waals surface area contributed by atoms with Gasteiger partial charge in [-0.1, -0.05) is 23.7 Å². The molecule has 2 saturated heterocycles. The molecule has 0 saturated carbocycles. The van der Waals surface area contributed by atoms with Crippen LogP contribution in [0.1, 0.15) is 17.2 Å². The Labute approximate surface area is 203 Å². The Bertz CT molecular complexity index is 1100. The summed E-state index contributed by atoms with van der Waals surface area (Å²) in [7, 11) is 3.02. The first-order valence-electron chi connectivity index (χ1n) is 11.0. The Kier molecular flexibility index (Phi) is 7.41. The number of amides is 1. The maximum Gasteiger partial charge on any atom is 0.295 e. The summed E-state index contributed by atoms with van der Waals surface area (Å²) in [5, 5.41) is 11.7. The predicted molar refractivity (Wildman–Crippen MR) is 127 cm³/mol. The number of ether oxygens (including phenoxy) is 3. The Morgan fingerprint density at radius 1 is 1.06 bits per heavy atom. The van der Waals surface area contributed by atoms with Gasteiger partial charge >= 0.3 is 0 Å². The van der Waals surface area contributed by atoms with E-state index in [2.05, 4.69) is 4.90 Å². The van der Waals surface area contributed by atoms with E-state index in [1.807, 2.05) is 0 Å². The molecule has 9 heteroatoms. The number of rotatable bonds is 7. The van der Waals surface area contributed by atoms with Crippen LogP contribution in [-0.4, -0.2) is 80.2 Å². The summed E-state index contributed by atoms with van der Waals surface area (Å²) in [6.07, 6.45) is 0. The van der Waals surface area contributed by atoms with Crippen molar-refractivity contribution in [1.29, 1.82) is 0 Å². The molecule has 2 aromatic rings. The van der Waals surface area contributed by atoms with E-state index >= 15 is 0 Å². The number of morpholine rings is 1. The molecule has 0 aliphatic carbocycles. The van der Waals surface area contributed by atoms with Gasteiger partial charge in [-0.25, -0.2) is 0 Å². The van der Waals surface area contributed by atoms with Gasteiger partial charge in [0.25, 0.3) is 11.7 Å². The summed E-state index contributed by atoms with van der Waals surface area (Å²) in [6.45, 7) is 3.63. The van der Waals surface area contributed by atoms with Gasteiger partial charge in [-0.2, -0.15) is 0 Å². The van der Waals surface area contributed by atoms with Crippen LogP contribution in [0.5, 0.6) is 11.5 Å². The molecule has 0 radical (unpaired) electrons. The number of benzene rings is 2. The van der Waals surface area contributed by atoms with E-state index in [-0.39, 0.29) is 11.3 Å². The number of carbonyl (C=O) groups is 2. The third-order valence-electron chi connectivity index (χ3n) is 6.15. The first-order valence-corrected chi connectivity index (χ1v) is 11.4. The van der Waals surface area contributed by atoms with Crippen molar-refractivity contribution in [3.63, 3.8) is 0 Å². The van der Waals surface area contributed by atoms with E-state index in [0.717, 1.165) is 13.1 Å². The number of likely N-dealkylation sites (tertiary alicyclic amines) is 1. The van der Waals surface area contributed by atoms with Crippen LogP contribution in [0.3, 0.4) is 0 Å². The number of Topliss-reactive ketones (excluding diaryl/α,β-unsaturated/α-hetero) is 1. The Morgan fingerprint density at radius 2 is 1.76 bits per heavy atom. The van der Waals surface area contributed by atoms with Crippen LogP contribution in [0.2, 0.25) is 5.02 Å². The van der Waals surface area contributed by atoms with Crippen molar-refractivity contribution in [3.8, 4) is 11.5 Å². The van der Waals surface area contributed by atoms with Crippen molar-refractivity contribution in [2.45, 2.75) is 6.04 Å². The number of carbonyl (C=O) groups excluding carboxylic acids is 2. The summed E-state index contributed by atoms with van der Waals surface area (Å²) in [6, 6.07) is 10.9. The Hall–Kier alpha value is -3.07. The van der Waals surface area contributed by atoms with Gasteiger partial charge in [0.05, 0.1) is 39.0 Å². The molecule has 1 N–H and O–H groups in total. The molecule has 34 heavy (non-hydrogen) atoms. The van der Waals surface area contributed by atoms with Gasteiger partial charge in [0, 0.05) is 42.3 Å². The minimum absolute atomic E-state index is 0.000790. The molecule has 0 aromatic heterocycles. The molecule has 2 aliphatic rings. The highest BCUT2D eigenvalue weighted by Gasteiger charge is 2.47. The molecule has 0 bridgehead atoms. The second-order valence-corrected chi connectivity index (χ2v) is 8.47. The third-order valence-corrected chi connectivity index (χ3v) is 6.40. The number of nitrogens with zero attached hydrogens (tertiary/aromatic N) is 2. The maximum absolute atomic E-state index is 13.2. The lowest BCUT2D eigenvalue weighted by Crippen LogP contribution is -2.42. The summed E-state index contributed by atoms with van der Waals surface area (Å²) in [5.41, 5.74) is 0.946. The molecule has 4 rings (SSSR count). The fourth-order valence-electron chi connectivity index (χ4n) is 4.40. The molecule has 2 aromatic carbocycles. The Morgan fingerprint density at radius 3 is 2.41 bits per heavy atom. The normalized spacial score (nSPS) is 20.6. The molecule has 180 valence electrons. The zero-order valence-corrected chi connectivity index (χ0v) is 19.9. The van der Waals surface area contributed by atoms with Gasteiger partial charge in [-0.15, -0.1) is 0 Å². The van der Waals surface area contributed by atoms with Crippen LogP contribution < -0.4 is 9.47 Å². The molecule has 2 heterocycles. The predicted octanol–water partition coefficient (Wildman–Crippen LogP) is 3.11. The molecule has 2 aliphatic heterocycles. The van der Waals surface area contributed by atoms with Crippen molar-refractivity contribution in [2.75, 3.05) is 53.6 Å². The van der Waals surface area contributed by atoms with E-state index in [4.69, 9.17) is 25.8 Å². The van der Waals surface area contributed by atoms with E-state index in [1.165, 1.54) is 19.1 Å². The van der Waals surface area contributed by atoms with E-state index < -0.39 is 17.7 Å². The number of para-hydroxylation sites is 1. The van der Waals surface area contributed by atoms with Crippen molar-refractivity contribution < 1.29 is 28.9 Å². The van der Waals surface area contributed by atoms with Crippen molar-refractivity contribution in [1.82, 2.24) is 9.80 Å². The van der Waals surface area contributed by atoms with Crippen LogP contribution in [0, 0.1) is 0 Å². The summed E-state index contributed by atoms with van der Waals surface area (Å²) in [5.74, 6) is -0.817. The number of aliphatic hydroxyl groups is 1. The third kappa shape index (κ3) is 4.61. The quantitative estimate of drug-likeness (QED) is 0.365. The van der Waals surface area contributed by atoms with E-state index in [1.54, 1.807) is 42.5 Å². The molecule has 1 amide bonds. The molecule has 2 fully saturated rings. The zero-order valence-electron chi connectivity index (χ0n) is 19.1. The number of halogens is 1. The SMILES string of the molecule is COc1cccc(C2C(=C(O)c3ccc(Cl)cc3)C(=O)C(=O)N2CCN2CCOCC2)c1OC. The second kappa shape index (κ2) is 10.5. The van der Waals surface area contributed by atoms with Crippen LogP contribution in [0.25, 0.3) is 5.76 Å². The highest BCUT2D eigenvalue weighted by Crippen LogP contribution is 2.45. The van der Waals surface area contributed by atoms with Crippen LogP contribution in [0.4, 0.5) is 0 Å². The van der Waals surface area contributed by atoms with Crippen molar-refractivity contribution in [2.24, 2.45) is 0 Å². The average molecular weight is 487 g/mol. The fraction of sp³-hybridized carbons (Fsp3) is 0.360. The van der Waals surface area contributed by atoms with E-state index in [9.17, 15) is 14.7 Å². The first kappa shape index (κ1) is 24.1. The van der Waals surface area contributed by atoms with E-state index in [0.29, 0.717) is 54.0 Å². The summed E-state index contributed by atoms with van der Waals surface area (Å²) >= 11 is 5.99. The molecule has 1 unspecified atom stereocenters. The minimum Gasteiger partial charge on any atom is -0.507 e. The lowest BCUT2D eigenvalue weighted by atomic mass is 9.94. The lowest BCUT2D eigenvalue weighted by Gasteiger charge is -2.31. The number of hydrogen-bond donors (Lipinski definition) is 1. The van der Waals surface area contributed by atoms with Gasteiger partial charge in [-0.05, 0) is 30.3 Å². The topological polar surface area (TPSA) is 88.5 Å². The average Bonchev–Trinajstić information content (AvgIpc) is 3.12. The van der Waals surface area contributed by atoms with Crippen LogP contribution >= 0.6 is 11.6 Å². The number of hydrogen-bond acceptors (Lipinski definition) is 7. The fourth-order valence-corrected chi connectivity index (χ4v) is 4.52. The summed E-state index contributed by atoms with van der Waals surface area (Å²) < 4.78 is 16.5. The molecule has 0 spiro atoms. The first-order chi connectivity index (χ1) is 16.5. The smallest absolute Gasteiger partial charge is 0.295 e. The number of ketones is 1. The zero-order chi connectivity index (χ0) is 24.2. The van der Waals surface area contributed by atoms with Crippen LogP contribution in [-0.2, 0) is 14.3 Å². The minimum atomic E-state index is -0.846. The molecule has 1 atom stereocenters. The standard InChI is InChI=1S/C25H27ClN2O6/c1-32-19-5-3-4-18(24(19)33-2)21-20(22(29)16-6-8-17(26)9-7-16)23(30)25(31)28(21)11-10-27-12-14-34-15-13-27/h3-9,21,29H,10-15H2,1-2H3. The van der Waals surface area contributed by atoms with Crippen molar-refractivity contribution in [3.05, 3.63) is 64.2 Å². The number of aliphatic hydroxyl groups excluding tert-OH is 1. The van der Waals surface area contributed by atoms with Gasteiger partial charge < -0.3 is 24.2 Å². The molecular weight excluding hydrogens is 460 g/mol. The van der Waals surface area contributed by atoms with Gasteiger partial charge in [0.15, 0.2) is 11.5 Å². The van der Waals surface area contributed by atoms with Gasteiger partial charge in [-0.3, -0.25) is 14.5 Å². The van der Waals surface area contributed by atoms with Gasteiger partial charge in [0.1, 0.15) is 5.76 Å². The largest absolute Gasteiger partial charge is 0.507 e. The monoisotopic (exact) mass is 486 g/mol. The molecular formula is C25H27ClN2O6. The van der Waals surface area contributed by atoms with Crippen LogP contribution in [0.15, 0.2) is 48.0 Å². The highest BCUT2D eigenvalue weighted by atomic mass is 35.5.